The molecule has 1 aromatic rings. The Morgan fingerprint density at radius 3 is 2.62 bits per heavy atom. The van der Waals surface area contributed by atoms with E-state index in [0.29, 0.717) is 9.37 Å². The van der Waals surface area contributed by atoms with E-state index in [1.165, 1.54) is 12.3 Å². The van der Waals surface area contributed by atoms with Crippen molar-refractivity contribution >= 4 is 32.7 Å². The molecule has 0 bridgehead atoms. The molecule has 0 spiro atoms. The molecule has 0 aliphatic rings. The Bertz CT molecular complexity index is 376. The van der Waals surface area contributed by atoms with Crippen LogP contribution in [0.25, 0.3) is 0 Å². The Labute approximate surface area is 86.4 Å². The summed E-state index contributed by atoms with van der Waals surface area (Å²) in [6, 6.07) is 4.62. The van der Waals surface area contributed by atoms with Crippen molar-refractivity contribution in [3.05, 3.63) is 28.2 Å². The van der Waals surface area contributed by atoms with Crippen LogP contribution >= 0.6 is 15.9 Å². The van der Waals surface area contributed by atoms with Gasteiger partial charge in [0.15, 0.2) is 0 Å². The van der Waals surface area contributed by atoms with E-state index in [-0.39, 0.29) is 5.56 Å². The second kappa shape index (κ2) is 4.02. The van der Waals surface area contributed by atoms with Crippen LogP contribution in [0.4, 0.5) is 0 Å². The maximum atomic E-state index is 11.0. The molecule has 1 unspecified atom stereocenters. The van der Waals surface area contributed by atoms with Gasteiger partial charge in [-0.1, -0.05) is 0 Å². The fourth-order valence-electron chi connectivity index (χ4n) is 0.847. The second-order valence-corrected chi connectivity index (χ2v) is 4.63. The van der Waals surface area contributed by atoms with Gasteiger partial charge in [0.25, 0.3) is 0 Å². The van der Waals surface area contributed by atoms with E-state index in [0.717, 1.165) is 0 Å². The van der Waals surface area contributed by atoms with Crippen molar-refractivity contribution in [2.24, 2.45) is 0 Å². The van der Waals surface area contributed by atoms with Crippen LogP contribution in [0.15, 0.2) is 27.6 Å². The van der Waals surface area contributed by atoms with E-state index in [2.05, 4.69) is 15.9 Å². The highest BCUT2D eigenvalue weighted by Gasteiger charge is 2.09. The predicted octanol–water partition coefficient (Wildman–Crippen LogP) is 1.88. The van der Waals surface area contributed by atoms with Crippen molar-refractivity contribution in [3.63, 3.8) is 0 Å². The average Bonchev–Trinajstić information content (AvgIpc) is 2.04. The Kier molecular flexibility index (Phi) is 3.22. The highest BCUT2D eigenvalue weighted by Crippen LogP contribution is 2.19. The number of hydrogen-bond donors (Lipinski definition) is 1. The maximum Gasteiger partial charge on any atom is 0.336 e. The third-order valence-electron chi connectivity index (χ3n) is 1.50. The van der Waals surface area contributed by atoms with Gasteiger partial charge >= 0.3 is 5.97 Å². The number of aromatic carboxylic acids is 1. The molecule has 13 heavy (non-hydrogen) atoms. The van der Waals surface area contributed by atoms with Gasteiger partial charge in [-0.25, -0.2) is 4.79 Å². The van der Waals surface area contributed by atoms with Crippen molar-refractivity contribution in [2.75, 3.05) is 6.26 Å². The molecule has 0 saturated carbocycles. The summed E-state index contributed by atoms with van der Waals surface area (Å²) in [5.41, 5.74) is 0.132. The van der Waals surface area contributed by atoms with Crippen LogP contribution < -0.4 is 0 Å². The SMILES string of the molecule is CS(=O)c1ccc(Br)c(C(=O)O)c1. The number of halogens is 1. The summed E-state index contributed by atoms with van der Waals surface area (Å²) < 4.78 is 11.5. The van der Waals surface area contributed by atoms with Gasteiger partial charge in [0.1, 0.15) is 0 Å². The minimum atomic E-state index is -1.15. The Balaban J connectivity index is 3.27. The van der Waals surface area contributed by atoms with E-state index in [1.54, 1.807) is 12.1 Å². The number of hydrogen-bond acceptors (Lipinski definition) is 2. The van der Waals surface area contributed by atoms with Crippen LogP contribution in [-0.2, 0) is 10.8 Å². The zero-order chi connectivity index (χ0) is 10.0. The molecule has 0 fully saturated rings. The van der Waals surface area contributed by atoms with Crippen LogP contribution in [0.1, 0.15) is 10.4 Å². The Morgan fingerprint density at radius 2 is 2.15 bits per heavy atom. The fraction of sp³-hybridized carbons (Fsp3) is 0.125. The number of benzene rings is 1. The fourth-order valence-corrected chi connectivity index (χ4v) is 1.81. The highest BCUT2D eigenvalue weighted by atomic mass is 79.9. The van der Waals surface area contributed by atoms with Crippen LogP contribution in [0, 0.1) is 0 Å². The predicted molar refractivity (Wildman–Crippen MR) is 53.4 cm³/mol. The lowest BCUT2D eigenvalue weighted by Gasteiger charge is -2.01. The Morgan fingerprint density at radius 1 is 1.54 bits per heavy atom. The monoisotopic (exact) mass is 262 g/mol. The summed E-state index contributed by atoms with van der Waals surface area (Å²) in [6.45, 7) is 0. The van der Waals surface area contributed by atoms with Gasteiger partial charge < -0.3 is 5.11 Å². The van der Waals surface area contributed by atoms with E-state index >= 15 is 0 Å². The van der Waals surface area contributed by atoms with Crippen molar-refractivity contribution in [1.82, 2.24) is 0 Å². The summed E-state index contributed by atoms with van der Waals surface area (Å²) in [7, 11) is -1.15. The molecule has 1 rings (SSSR count). The van der Waals surface area contributed by atoms with E-state index in [4.69, 9.17) is 5.11 Å². The van der Waals surface area contributed by atoms with Crippen molar-refractivity contribution in [1.29, 1.82) is 0 Å². The lowest BCUT2D eigenvalue weighted by atomic mass is 10.2. The number of carbonyl (C=O) groups is 1. The minimum Gasteiger partial charge on any atom is -0.478 e. The van der Waals surface area contributed by atoms with E-state index in [1.807, 2.05) is 0 Å². The van der Waals surface area contributed by atoms with Crippen molar-refractivity contribution < 1.29 is 14.1 Å². The summed E-state index contributed by atoms with van der Waals surface area (Å²) in [5, 5.41) is 8.74. The highest BCUT2D eigenvalue weighted by molar-refractivity contribution is 9.10. The first-order valence-electron chi connectivity index (χ1n) is 3.38. The van der Waals surface area contributed by atoms with Gasteiger partial charge in [0.2, 0.25) is 0 Å². The molecule has 0 heterocycles. The number of rotatable bonds is 2. The normalized spacial score (nSPS) is 12.5. The summed E-state index contributed by atoms with van der Waals surface area (Å²) in [6.07, 6.45) is 1.51. The summed E-state index contributed by atoms with van der Waals surface area (Å²) in [4.78, 5) is 11.2. The lowest BCUT2D eigenvalue weighted by molar-refractivity contribution is 0.0695. The molecule has 3 nitrogen and oxygen atoms in total. The summed E-state index contributed by atoms with van der Waals surface area (Å²) in [5.74, 6) is -1.03. The minimum absolute atomic E-state index is 0.132. The largest absolute Gasteiger partial charge is 0.478 e. The zero-order valence-electron chi connectivity index (χ0n) is 6.78. The van der Waals surface area contributed by atoms with Gasteiger partial charge in [-0.05, 0) is 34.1 Å². The molecule has 0 aromatic heterocycles. The first-order chi connectivity index (χ1) is 6.02. The first-order valence-corrected chi connectivity index (χ1v) is 5.73. The van der Waals surface area contributed by atoms with Gasteiger partial charge in [-0.2, -0.15) is 0 Å². The zero-order valence-corrected chi connectivity index (χ0v) is 9.18. The van der Waals surface area contributed by atoms with Crippen LogP contribution in [0.5, 0.6) is 0 Å². The molecule has 1 atom stereocenters. The van der Waals surface area contributed by atoms with E-state index in [9.17, 15) is 9.00 Å². The number of carboxylic acids is 1. The molecule has 0 aliphatic carbocycles. The van der Waals surface area contributed by atoms with Gasteiger partial charge in [0, 0.05) is 26.4 Å². The number of carboxylic acid groups (broad SMARTS) is 1. The molecule has 0 aliphatic heterocycles. The molecular weight excluding hydrogens is 256 g/mol. The van der Waals surface area contributed by atoms with Crippen molar-refractivity contribution in [3.8, 4) is 0 Å². The first kappa shape index (κ1) is 10.4. The van der Waals surface area contributed by atoms with Gasteiger partial charge in [0.05, 0.1) is 5.56 Å². The second-order valence-electron chi connectivity index (χ2n) is 2.40. The third kappa shape index (κ3) is 2.38. The van der Waals surface area contributed by atoms with Crippen LogP contribution in [0.3, 0.4) is 0 Å². The Hall–Kier alpha value is -0.680. The molecule has 0 amide bonds. The molecular formula is C8H7BrO3S. The summed E-state index contributed by atoms with van der Waals surface area (Å²) >= 11 is 3.10. The molecule has 0 saturated heterocycles. The topological polar surface area (TPSA) is 54.4 Å². The lowest BCUT2D eigenvalue weighted by Crippen LogP contribution is -1.99. The van der Waals surface area contributed by atoms with Gasteiger partial charge in [-0.15, -0.1) is 0 Å². The molecule has 5 heteroatoms. The van der Waals surface area contributed by atoms with Crippen LogP contribution in [-0.4, -0.2) is 21.5 Å². The smallest absolute Gasteiger partial charge is 0.336 e. The molecule has 1 N–H and O–H groups in total. The third-order valence-corrected chi connectivity index (χ3v) is 3.11. The van der Waals surface area contributed by atoms with Crippen LogP contribution in [0.2, 0.25) is 0 Å². The maximum absolute atomic E-state index is 11.0. The quantitative estimate of drug-likeness (QED) is 0.886. The molecule has 1 aromatic carbocycles. The van der Waals surface area contributed by atoms with Crippen molar-refractivity contribution in [2.45, 2.75) is 4.90 Å². The van der Waals surface area contributed by atoms with E-state index < -0.39 is 16.8 Å². The molecule has 0 radical (unpaired) electrons. The average molecular weight is 263 g/mol. The molecule has 70 valence electrons. The van der Waals surface area contributed by atoms with Gasteiger partial charge in [-0.3, -0.25) is 4.21 Å². The standard InChI is InChI=1S/C8H7BrO3S/c1-13(12)5-2-3-7(9)6(4-5)8(10)11/h2-4H,1H3,(H,10,11).